The Hall–Kier alpha value is -0.590. The number of rotatable bonds is 1. The van der Waals surface area contributed by atoms with Gasteiger partial charge in [-0.1, -0.05) is 6.42 Å². The molecule has 1 saturated carbocycles. The van der Waals surface area contributed by atoms with Crippen LogP contribution in [-0.4, -0.2) is 48.6 Å². The fourth-order valence-corrected chi connectivity index (χ4v) is 2.91. The van der Waals surface area contributed by atoms with E-state index in [2.05, 4.69) is 29.8 Å². The van der Waals surface area contributed by atoms with Gasteiger partial charge in [0.15, 0.2) is 0 Å². The van der Waals surface area contributed by atoms with E-state index in [0.717, 1.165) is 26.1 Å². The predicted octanol–water partition coefficient (Wildman–Crippen LogP) is 1.31. The molecule has 2 aliphatic rings. The van der Waals surface area contributed by atoms with Crippen LogP contribution in [0.3, 0.4) is 0 Å². The molecule has 1 aliphatic heterocycles. The molecule has 0 spiro atoms. The van der Waals surface area contributed by atoms with Crippen molar-refractivity contribution in [3.05, 3.63) is 0 Å². The van der Waals surface area contributed by atoms with Gasteiger partial charge < -0.3 is 4.90 Å². The Morgan fingerprint density at radius 1 is 1.27 bits per heavy atom. The lowest BCUT2D eigenvalue weighted by Gasteiger charge is -2.41. The second-order valence-electron chi connectivity index (χ2n) is 5.06. The van der Waals surface area contributed by atoms with Gasteiger partial charge in [-0.05, 0) is 26.8 Å². The standard InChI is InChI=1S/C12H21N3/c1-10-9-15(7-6-14(10)2)12-5-3-4-11(12)8-13/h10-12H,3-7,9H2,1-2H3. The molecule has 84 valence electrons. The van der Waals surface area contributed by atoms with Gasteiger partial charge in [-0.25, -0.2) is 0 Å². The van der Waals surface area contributed by atoms with Crippen LogP contribution in [0.2, 0.25) is 0 Å². The van der Waals surface area contributed by atoms with Gasteiger partial charge >= 0.3 is 0 Å². The summed E-state index contributed by atoms with van der Waals surface area (Å²) in [5.41, 5.74) is 0. The molecule has 2 rings (SSSR count). The summed E-state index contributed by atoms with van der Waals surface area (Å²) >= 11 is 0. The van der Waals surface area contributed by atoms with Crippen LogP contribution in [0.1, 0.15) is 26.2 Å². The van der Waals surface area contributed by atoms with E-state index in [1.54, 1.807) is 0 Å². The van der Waals surface area contributed by atoms with Crippen LogP contribution < -0.4 is 0 Å². The van der Waals surface area contributed by atoms with Gasteiger partial charge in [0.1, 0.15) is 0 Å². The van der Waals surface area contributed by atoms with Gasteiger partial charge in [0.2, 0.25) is 0 Å². The van der Waals surface area contributed by atoms with Crippen LogP contribution in [0.15, 0.2) is 0 Å². The average Bonchev–Trinajstić information content (AvgIpc) is 2.70. The minimum absolute atomic E-state index is 0.292. The average molecular weight is 207 g/mol. The minimum Gasteiger partial charge on any atom is -0.301 e. The Kier molecular flexibility index (Phi) is 3.28. The summed E-state index contributed by atoms with van der Waals surface area (Å²) in [5.74, 6) is 0.292. The summed E-state index contributed by atoms with van der Waals surface area (Å²) in [6.45, 7) is 5.71. The van der Waals surface area contributed by atoms with Gasteiger partial charge in [-0.2, -0.15) is 5.26 Å². The molecule has 0 aromatic heterocycles. The molecule has 1 heterocycles. The van der Waals surface area contributed by atoms with Gasteiger partial charge in [-0.15, -0.1) is 0 Å². The van der Waals surface area contributed by atoms with Gasteiger partial charge in [0.25, 0.3) is 0 Å². The van der Waals surface area contributed by atoms with Crippen molar-refractivity contribution in [2.45, 2.75) is 38.3 Å². The Balaban J connectivity index is 1.97. The summed E-state index contributed by atoms with van der Waals surface area (Å²) in [4.78, 5) is 4.96. The molecule has 3 nitrogen and oxygen atoms in total. The van der Waals surface area contributed by atoms with E-state index < -0.39 is 0 Å². The van der Waals surface area contributed by atoms with Crippen LogP contribution in [-0.2, 0) is 0 Å². The maximum Gasteiger partial charge on any atom is 0.0672 e. The number of piperazine rings is 1. The lowest BCUT2D eigenvalue weighted by Crippen LogP contribution is -2.54. The monoisotopic (exact) mass is 207 g/mol. The predicted molar refractivity (Wildman–Crippen MR) is 60.4 cm³/mol. The number of hydrogen-bond acceptors (Lipinski definition) is 3. The molecule has 2 fully saturated rings. The lowest BCUT2D eigenvalue weighted by atomic mass is 10.0. The van der Waals surface area contributed by atoms with E-state index in [4.69, 9.17) is 5.26 Å². The van der Waals surface area contributed by atoms with Crippen molar-refractivity contribution < 1.29 is 0 Å². The molecule has 15 heavy (non-hydrogen) atoms. The van der Waals surface area contributed by atoms with E-state index in [-0.39, 0.29) is 0 Å². The highest BCUT2D eigenvalue weighted by Crippen LogP contribution is 2.30. The SMILES string of the molecule is CC1CN(C2CCCC2C#N)CCN1C. The third-order valence-electron chi connectivity index (χ3n) is 4.11. The van der Waals surface area contributed by atoms with Crippen LogP contribution in [0, 0.1) is 17.2 Å². The van der Waals surface area contributed by atoms with Gasteiger partial charge in [0.05, 0.1) is 12.0 Å². The van der Waals surface area contributed by atoms with E-state index in [9.17, 15) is 0 Å². The van der Waals surface area contributed by atoms with Crippen LogP contribution in [0.25, 0.3) is 0 Å². The summed E-state index contributed by atoms with van der Waals surface area (Å²) in [6.07, 6.45) is 3.58. The Labute approximate surface area is 92.7 Å². The fourth-order valence-electron chi connectivity index (χ4n) is 2.91. The molecule has 3 heteroatoms. The molecular weight excluding hydrogens is 186 g/mol. The molecule has 0 radical (unpaired) electrons. The molecule has 1 aliphatic carbocycles. The molecule has 0 amide bonds. The van der Waals surface area contributed by atoms with E-state index in [1.165, 1.54) is 12.8 Å². The third-order valence-corrected chi connectivity index (χ3v) is 4.11. The van der Waals surface area contributed by atoms with E-state index in [0.29, 0.717) is 18.0 Å². The number of nitriles is 1. The first-order chi connectivity index (χ1) is 7.22. The van der Waals surface area contributed by atoms with Crippen molar-refractivity contribution in [1.29, 1.82) is 5.26 Å². The normalized spacial score (nSPS) is 39.1. The molecule has 0 bridgehead atoms. The Morgan fingerprint density at radius 2 is 2.07 bits per heavy atom. The number of hydrogen-bond donors (Lipinski definition) is 0. The highest BCUT2D eigenvalue weighted by molar-refractivity contribution is 4.99. The fraction of sp³-hybridized carbons (Fsp3) is 0.917. The second-order valence-corrected chi connectivity index (χ2v) is 5.06. The zero-order chi connectivity index (χ0) is 10.8. The van der Waals surface area contributed by atoms with Crippen molar-refractivity contribution in [3.63, 3.8) is 0 Å². The summed E-state index contributed by atoms with van der Waals surface area (Å²) in [7, 11) is 2.19. The first-order valence-electron chi connectivity index (χ1n) is 6.06. The largest absolute Gasteiger partial charge is 0.301 e. The quantitative estimate of drug-likeness (QED) is 0.649. The first-order valence-corrected chi connectivity index (χ1v) is 6.06. The van der Waals surface area contributed by atoms with E-state index in [1.807, 2.05) is 0 Å². The maximum atomic E-state index is 9.10. The van der Waals surface area contributed by atoms with Crippen molar-refractivity contribution >= 4 is 0 Å². The molecule has 3 unspecified atom stereocenters. The van der Waals surface area contributed by atoms with Crippen molar-refractivity contribution in [1.82, 2.24) is 9.80 Å². The molecular formula is C12H21N3. The highest BCUT2D eigenvalue weighted by atomic mass is 15.3. The van der Waals surface area contributed by atoms with Crippen molar-refractivity contribution in [2.75, 3.05) is 26.7 Å². The molecule has 3 atom stereocenters. The molecule has 0 aromatic carbocycles. The summed E-state index contributed by atoms with van der Waals surface area (Å²) in [5, 5.41) is 9.10. The van der Waals surface area contributed by atoms with Crippen LogP contribution in [0.5, 0.6) is 0 Å². The number of likely N-dealkylation sites (N-methyl/N-ethyl adjacent to an activating group) is 1. The lowest BCUT2D eigenvalue weighted by molar-refractivity contribution is 0.0652. The Morgan fingerprint density at radius 3 is 2.73 bits per heavy atom. The topological polar surface area (TPSA) is 30.3 Å². The first kappa shape index (κ1) is 10.9. The third kappa shape index (κ3) is 2.16. The summed E-state index contributed by atoms with van der Waals surface area (Å²) in [6, 6.07) is 3.67. The second kappa shape index (κ2) is 4.51. The van der Waals surface area contributed by atoms with Crippen molar-refractivity contribution in [3.8, 4) is 6.07 Å². The zero-order valence-electron chi connectivity index (χ0n) is 9.82. The molecule has 1 saturated heterocycles. The minimum atomic E-state index is 0.292. The smallest absolute Gasteiger partial charge is 0.0672 e. The van der Waals surface area contributed by atoms with Gasteiger partial charge in [0, 0.05) is 31.7 Å². The molecule has 0 N–H and O–H groups in total. The maximum absolute atomic E-state index is 9.10. The van der Waals surface area contributed by atoms with Crippen LogP contribution in [0.4, 0.5) is 0 Å². The highest BCUT2D eigenvalue weighted by Gasteiger charge is 2.34. The zero-order valence-corrected chi connectivity index (χ0v) is 9.82. The Bertz CT molecular complexity index is 258. The van der Waals surface area contributed by atoms with Gasteiger partial charge in [-0.3, -0.25) is 4.90 Å². The van der Waals surface area contributed by atoms with Crippen LogP contribution >= 0.6 is 0 Å². The summed E-state index contributed by atoms with van der Waals surface area (Å²) < 4.78 is 0. The van der Waals surface area contributed by atoms with Crippen molar-refractivity contribution in [2.24, 2.45) is 5.92 Å². The van der Waals surface area contributed by atoms with E-state index >= 15 is 0 Å². The number of nitrogens with zero attached hydrogens (tertiary/aromatic N) is 3. The molecule has 0 aromatic rings.